The van der Waals surface area contributed by atoms with Crippen LogP contribution in [0, 0.1) is 0 Å². The van der Waals surface area contributed by atoms with Gasteiger partial charge in [0.2, 0.25) is 5.91 Å². The maximum Gasteiger partial charge on any atom is 0.329 e. The van der Waals surface area contributed by atoms with Crippen molar-refractivity contribution in [1.82, 2.24) is 10.2 Å². The Kier molecular flexibility index (Phi) is 7.12. The zero-order chi connectivity index (χ0) is 13.4. The second-order valence-corrected chi connectivity index (χ2v) is 5.29. The van der Waals surface area contributed by atoms with E-state index in [9.17, 15) is 9.59 Å². The van der Waals surface area contributed by atoms with Crippen LogP contribution in [0.15, 0.2) is 0 Å². The SMILES string of the molecule is CCOC(=O)C1CSCCN1C(=O)CCCNC. The van der Waals surface area contributed by atoms with Crippen molar-refractivity contribution < 1.29 is 14.3 Å². The summed E-state index contributed by atoms with van der Waals surface area (Å²) < 4.78 is 5.03. The number of nitrogens with one attached hydrogen (secondary N) is 1. The summed E-state index contributed by atoms with van der Waals surface area (Å²) in [6.07, 6.45) is 1.29. The van der Waals surface area contributed by atoms with E-state index < -0.39 is 6.04 Å². The van der Waals surface area contributed by atoms with Gasteiger partial charge in [0.15, 0.2) is 0 Å². The van der Waals surface area contributed by atoms with E-state index in [2.05, 4.69) is 5.32 Å². The first kappa shape index (κ1) is 15.3. The molecule has 1 atom stereocenters. The molecule has 1 rings (SSSR count). The summed E-state index contributed by atoms with van der Waals surface area (Å²) in [5, 5.41) is 3.01. The fraction of sp³-hybridized carbons (Fsp3) is 0.833. The molecule has 0 saturated carbocycles. The molecule has 1 amide bonds. The monoisotopic (exact) mass is 274 g/mol. The summed E-state index contributed by atoms with van der Waals surface area (Å²) >= 11 is 1.70. The van der Waals surface area contributed by atoms with Gasteiger partial charge < -0.3 is 15.0 Å². The lowest BCUT2D eigenvalue weighted by Crippen LogP contribution is -2.51. The highest BCUT2D eigenvalue weighted by Gasteiger charge is 2.32. The Morgan fingerprint density at radius 3 is 2.94 bits per heavy atom. The minimum absolute atomic E-state index is 0.0589. The fourth-order valence-electron chi connectivity index (χ4n) is 1.90. The first-order valence-corrected chi connectivity index (χ1v) is 7.54. The summed E-state index contributed by atoms with van der Waals surface area (Å²) in [6, 6.07) is -0.397. The van der Waals surface area contributed by atoms with E-state index in [4.69, 9.17) is 4.74 Å². The van der Waals surface area contributed by atoms with Crippen molar-refractivity contribution in [3.63, 3.8) is 0 Å². The number of hydrogen-bond acceptors (Lipinski definition) is 5. The first-order chi connectivity index (χ1) is 8.70. The van der Waals surface area contributed by atoms with Crippen molar-refractivity contribution in [2.75, 3.05) is 38.2 Å². The van der Waals surface area contributed by atoms with E-state index in [-0.39, 0.29) is 11.9 Å². The molecular weight excluding hydrogens is 252 g/mol. The molecule has 0 aromatic carbocycles. The fourth-order valence-corrected chi connectivity index (χ4v) is 2.93. The van der Waals surface area contributed by atoms with E-state index in [1.807, 2.05) is 7.05 Å². The zero-order valence-corrected chi connectivity index (χ0v) is 11.9. The van der Waals surface area contributed by atoms with Gasteiger partial charge in [-0.25, -0.2) is 4.79 Å². The third-order valence-corrected chi connectivity index (χ3v) is 3.85. The lowest BCUT2D eigenvalue weighted by Gasteiger charge is -2.33. The summed E-state index contributed by atoms with van der Waals surface area (Å²) in [5.41, 5.74) is 0. The van der Waals surface area contributed by atoms with Gasteiger partial charge in [-0.1, -0.05) is 0 Å². The molecule has 1 fully saturated rings. The minimum atomic E-state index is -0.397. The number of rotatable bonds is 6. The normalized spacial score (nSPS) is 19.7. The number of carbonyl (C=O) groups is 2. The molecular formula is C12H22N2O3S. The van der Waals surface area contributed by atoms with E-state index in [0.29, 0.717) is 25.3 Å². The van der Waals surface area contributed by atoms with Crippen LogP contribution in [-0.2, 0) is 14.3 Å². The van der Waals surface area contributed by atoms with Gasteiger partial charge in [0, 0.05) is 24.5 Å². The van der Waals surface area contributed by atoms with Gasteiger partial charge in [-0.3, -0.25) is 4.79 Å². The van der Waals surface area contributed by atoms with Crippen molar-refractivity contribution in [3.8, 4) is 0 Å². The lowest BCUT2D eigenvalue weighted by molar-refractivity contribution is -0.153. The quantitative estimate of drug-likeness (QED) is 0.564. The summed E-state index contributed by atoms with van der Waals surface area (Å²) in [5.74, 6) is 1.33. The minimum Gasteiger partial charge on any atom is -0.464 e. The molecule has 0 aromatic rings. The van der Waals surface area contributed by atoms with Crippen LogP contribution in [0.2, 0.25) is 0 Å². The van der Waals surface area contributed by atoms with Gasteiger partial charge >= 0.3 is 5.97 Å². The third-order valence-electron chi connectivity index (χ3n) is 2.82. The zero-order valence-electron chi connectivity index (χ0n) is 11.1. The van der Waals surface area contributed by atoms with Crippen molar-refractivity contribution in [3.05, 3.63) is 0 Å². The molecule has 0 aromatic heterocycles. The topological polar surface area (TPSA) is 58.6 Å². The molecule has 18 heavy (non-hydrogen) atoms. The van der Waals surface area contributed by atoms with Crippen LogP contribution in [0.25, 0.3) is 0 Å². The second kappa shape index (κ2) is 8.37. The van der Waals surface area contributed by atoms with Gasteiger partial charge in [0.05, 0.1) is 6.61 Å². The predicted octanol–water partition coefficient (Wildman–Crippen LogP) is 0.493. The van der Waals surface area contributed by atoms with Crippen molar-refractivity contribution in [1.29, 1.82) is 0 Å². The number of thioether (sulfide) groups is 1. The maximum atomic E-state index is 12.1. The van der Waals surface area contributed by atoms with Crippen molar-refractivity contribution >= 4 is 23.6 Å². The maximum absolute atomic E-state index is 12.1. The number of nitrogens with zero attached hydrogens (tertiary/aromatic N) is 1. The van der Waals surface area contributed by atoms with Crippen molar-refractivity contribution in [2.24, 2.45) is 0 Å². The summed E-state index contributed by atoms with van der Waals surface area (Å²) in [4.78, 5) is 25.6. The predicted molar refractivity (Wildman–Crippen MR) is 72.6 cm³/mol. The van der Waals surface area contributed by atoms with Crippen LogP contribution in [-0.4, -0.2) is 61.1 Å². The number of esters is 1. The number of ether oxygens (including phenoxy) is 1. The van der Waals surface area contributed by atoms with Gasteiger partial charge in [0.25, 0.3) is 0 Å². The van der Waals surface area contributed by atoms with E-state index in [1.54, 1.807) is 23.6 Å². The van der Waals surface area contributed by atoms with Gasteiger partial charge in [-0.2, -0.15) is 11.8 Å². The molecule has 1 N–H and O–H groups in total. The highest BCUT2D eigenvalue weighted by Crippen LogP contribution is 2.19. The number of amides is 1. The molecule has 0 aliphatic carbocycles. The average molecular weight is 274 g/mol. The van der Waals surface area contributed by atoms with Crippen LogP contribution in [0.3, 0.4) is 0 Å². The molecule has 0 spiro atoms. The molecule has 1 aliphatic heterocycles. The Morgan fingerprint density at radius 1 is 1.50 bits per heavy atom. The van der Waals surface area contributed by atoms with Crippen LogP contribution >= 0.6 is 11.8 Å². The molecule has 104 valence electrons. The Morgan fingerprint density at radius 2 is 2.28 bits per heavy atom. The molecule has 1 unspecified atom stereocenters. The average Bonchev–Trinajstić information content (AvgIpc) is 2.39. The van der Waals surface area contributed by atoms with Gasteiger partial charge in [0.1, 0.15) is 6.04 Å². The Balaban J connectivity index is 2.52. The highest BCUT2D eigenvalue weighted by atomic mass is 32.2. The number of carbonyl (C=O) groups excluding carboxylic acids is 2. The largest absolute Gasteiger partial charge is 0.464 e. The third kappa shape index (κ3) is 4.49. The van der Waals surface area contributed by atoms with Gasteiger partial charge in [-0.15, -0.1) is 0 Å². The van der Waals surface area contributed by atoms with Gasteiger partial charge in [-0.05, 0) is 26.9 Å². The molecule has 6 heteroatoms. The molecule has 1 saturated heterocycles. The smallest absolute Gasteiger partial charge is 0.329 e. The first-order valence-electron chi connectivity index (χ1n) is 6.39. The molecule has 1 aliphatic rings. The van der Waals surface area contributed by atoms with Crippen LogP contribution < -0.4 is 5.32 Å². The molecule has 0 bridgehead atoms. The Labute approximate surface area is 113 Å². The van der Waals surface area contributed by atoms with Crippen LogP contribution in [0.1, 0.15) is 19.8 Å². The van der Waals surface area contributed by atoms with Crippen LogP contribution in [0.5, 0.6) is 0 Å². The summed E-state index contributed by atoms with van der Waals surface area (Å²) in [6.45, 7) is 3.61. The Hall–Kier alpha value is -0.750. The standard InChI is InChI=1S/C12H22N2O3S/c1-3-17-12(16)10-9-18-8-7-14(10)11(15)5-4-6-13-2/h10,13H,3-9H2,1-2H3. The van der Waals surface area contributed by atoms with Crippen LogP contribution in [0.4, 0.5) is 0 Å². The van der Waals surface area contributed by atoms with E-state index in [1.165, 1.54) is 0 Å². The van der Waals surface area contributed by atoms with Crippen molar-refractivity contribution in [2.45, 2.75) is 25.8 Å². The molecule has 5 nitrogen and oxygen atoms in total. The summed E-state index contributed by atoms with van der Waals surface area (Å²) in [7, 11) is 1.86. The van der Waals surface area contributed by atoms with E-state index in [0.717, 1.165) is 18.7 Å². The highest BCUT2D eigenvalue weighted by molar-refractivity contribution is 7.99. The lowest BCUT2D eigenvalue weighted by atomic mass is 10.2. The Bertz CT molecular complexity index is 286. The van der Waals surface area contributed by atoms with E-state index >= 15 is 0 Å². The molecule has 0 radical (unpaired) electrons. The molecule has 1 heterocycles. The number of hydrogen-bond donors (Lipinski definition) is 1. The second-order valence-electron chi connectivity index (χ2n) is 4.14.